The maximum atomic E-state index is 12.3. The van der Waals surface area contributed by atoms with Crippen LogP contribution in [0.1, 0.15) is 31.4 Å². The molecular weight excluding hydrogens is 443 g/mol. The van der Waals surface area contributed by atoms with E-state index in [2.05, 4.69) is 27.8 Å². The lowest BCUT2D eigenvalue weighted by atomic mass is 9.99. The molecule has 0 aliphatic carbocycles. The first-order valence-electron chi connectivity index (χ1n) is 11.4. The summed E-state index contributed by atoms with van der Waals surface area (Å²) in [6.07, 6.45) is 1.66. The van der Waals surface area contributed by atoms with Gasteiger partial charge in [-0.1, -0.05) is 0 Å². The average molecular weight is 476 g/mol. The van der Waals surface area contributed by atoms with Crippen LogP contribution in [-0.4, -0.2) is 89.6 Å². The van der Waals surface area contributed by atoms with Gasteiger partial charge in [0.1, 0.15) is 6.61 Å². The largest absolute Gasteiger partial charge is 0.490 e. The van der Waals surface area contributed by atoms with Gasteiger partial charge in [-0.2, -0.15) is 13.2 Å². The Hall–Kier alpha value is -2.11. The number of carboxylic acids is 1. The number of carbonyl (C=O) groups excluding carboxylic acids is 1. The Labute approximate surface area is 191 Å². The van der Waals surface area contributed by atoms with Crippen LogP contribution in [0.3, 0.4) is 0 Å². The van der Waals surface area contributed by atoms with Gasteiger partial charge in [-0.3, -0.25) is 9.69 Å². The van der Waals surface area contributed by atoms with E-state index in [1.807, 2.05) is 4.90 Å². The van der Waals surface area contributed by atoms with Gasteiger partial charge in [-0.05, 0) is 43.7 Å². The molecule has 0 bridgehead atoms. The first-order chi connectivity index (χ1) is 15.7. The number of likely N-dealkylation sites (tertiary alicyclic amines) is 1. The maximum absolute atomic E-state index is 12.3. The molecule has 0 aromatic carbocycles. The van der Waals surface area contributed by atoms with E-state index in [0.29, 0.717) is 5.92 Å². The molecule has 0 radical (unpaired) electrons. The van der Waals surface area contributed by atoms with Crippen molar-refractivity contribution in [3.05, 3.63) is 24.0 Å². The highest BCUT2D eigenvalue weighted by Crippen LogP contribution is 2.21. The Morgan fingerprint density at radius 3 is 2.45 bits per heavy atom. The monoisotopic (exact) mass is 475 g/mol. The van der Waals surface area contributed by atoms with Crippen LogP contribution in [-0.2, 0) is 32.2 Å². The van der Waals surface area contributed by atoms with E-state index in [1.165, 1.54) is 5.69 Å². The van der Waals surface area contributed by atoms with Gasteiger partial charge in [0.2, 0.25) is 5.91 Å². The van der Waals surface area contributed by atoms with Gasteiger partial charge in [0, 0.05) is 64.4 Å². The summed E-state index contributed by atoms with van der Waals surface area (Å²) in [6.45, 7) is 7.56. The third-order valence-electron chi connectivity index (χ3n) is 6.17. The summed E-state index contributed by atoms with van der Waals surface area (Å²) in [7, 11) is 0. The number of carbonyl (C=O) groups is 2. The fraction of sp³-hybridized carbons (Fsp3) is 0.727. The van der Waals surface area contributed by atoms with Gasteiger partial charge in [-0.25, -0.2) is 4.79 Å². The minimum Gasteiger partial charge on any atom is -0.475 e. The molecule has 1 aromatic heterocycles. The number of amides is 1. The zero-order valence-corrected chi connectivity index (χ0v) is 18.6. The van der Waals surface area contributed by atoms with Crippen LogP contribution in [0.4, 0.5) is 13.2 Å². The maximum Gasteiger partial charge on any atom is 0.490 e. The third-order valence-corrected chi connectivity index (χ3v) is 6.17. The van der Waals surface area contributed by atoms with E-state index in [4.69, 9.17) is 19.4 Å². The van der Waals surface area contributed by atoms with Crippen LogP contribution in [0, 0.1) is 5.92 Å². The first-order valence-corrected chi connectivity index (χ1v) is 11.4. The van der Waals surface area contributed by atoms with Crippen molar-refractivity contribution in [3.8, 4) is 0 Å². The molecule has 11 heteroatoms. The molecule has 3 aliphatic heterocycles. The van der Waals surface area contributed by atoms with E-state index in [1.54, 1.807) is 0 Å². The summed E-state index contributed by atoms with van der Waals surface area (Å²) >= 11 is 0. The molecule has 2 fully saturated rings. The molecule has 1 unspecified atom stereocenters. The molecule has 8 nitrogen and oxygen atoms in total. The lowest BCUT2D eigenvalue weighted by molar-refractivity contribution is -0.192. The Morgan fingerprint density at radius 2 is 1.82 bits per heavy atom. The summed E-state index contributed by atoms with van der Waals surface area (Å²) in [5.74, 6) is -1.90. The second-order valence-corrected chi connectivity index (χ2v) is 8.73. The van der Waals surface area contributed by atoms with Gasteiger partial charge >= 0.3 is 12.1 Å². The molecule has 33 heavy (non-hydrogen) atoms. The van der Waals surface area contributed by atoms with E-state index in [-0.39, 0.29) is 18.6 Å². The van der Waals surface area contributed by atoms with Gasteiger partial charge in [0.15, 0.2) is 0 Å². The smallest absolute Gasteiger partial charge is 0.475 e. The number of ether oxygens (including phenoxy) is 2. The van der Waals surface area contributed by atoms with Gasteiger partial charge in [0.05, 0.1) is 6.10 Å². The summed E-state index contributed by atoms with van der Waals surface area (Å²) in [5.41, 5.74) is 1.34. The molecule has 186 valence electrons. The first kappa shape index (κ1) is 25.5. The van der Waals surface area contributed by atoms with E-state index in [9.17, 15) is 18.0 Å². The van der Waals surface area contributed by atoms with Crippen LogP contribution in [0.15, 0.2) is 18.3 Å². The summed E-state index contributed by atoms with van der Waals surface area (Å²) in [4.78, 5) is 25.7. The second kappa shape index (κ2) is 11.8. The zero-order chi connectivity index (χ0) is 23.8. The molecule has 0 spiro atoms. The number of aliphatic carboxylic acids is 1. The van der Waals surface area contributed by atoms with Crippen LogP contribution in [0.2, 0.25) is 0 Å². The highest BCUT2D eigenvalue weighted by molar-refractivity contribution is 5.77. The number of fused-ring (bicyclic) bond motifs is 1. The standard InChI is InChI=1S/C20H31N3O3.C2HF3O2/c24-20(22-7-1-2-8-22)16-26-19-14-21(12-17-5-10-25-11-6-17)13-18-4-3-9-23(18)15-19;3-2(4,5)1(6)7/h3-4,9,17,19H,1-2,5-8,10-16H2;(H,6,7). The number of halogens is 3. The zero-order valence-electron chi connectivity index (χ0n) is 18.6. The molecular formula is C22H32F3N3O5. The third kappa shape index (κ3) is 8.01. The SMILES string of the molecule is O=C(COC1CN(CC2CCOCC2)Cc2cccn2C1)N1CCCC1.O=C(O)C(F)(F)F. The van der Waals surface area contributed by atoms with E-state index >= 15 is 0 Å². The van der Waals surface area contributed by atoms with Crippen LogP contribution in [0.5, 0.6) is 0 Å². The van der Waals surface area contributed by atoms with Crippen molar-refractivity contribution in [2.24, 2.45) is 5.92 Å². The summed E-state index contributed by atoms with van der Waals surface area (Å²) in [6, 6.07) is 4.31. The number of carboxylic acid groups (broad SMARTS) is 1. The van der Waals surface area contributed by atoms with Crippen LogP contribution < -0.4 is 0 Å². The number of hydrogen-bond donors (Lipinski definition) is 1. The van der Waals surface area contributed by atoms with Crippen LogP contribution in [0.25, 0.3) is 0 Å². The lowest BCUT2D eigenvalue weighted by Crippen LogP contribution is -2.39. The number of aromatic nitrogens is 1. The van der Waals surface area contributed by atoms with Crippen molar-refractivity contribution in [1.29, 1.82) is 0 Å². The minimum atomic E-state index is -5.08. The molecule has 1 amide bonds. The van der Waals surface area contributed by atoms with E-state index in [0.717, 1.165) is 78.2 Å². The quantitative estimate of drug-likeness (QED) is 0.704. The van der Waals surface area contributed by atoms with Crippen molar-refractivity contribution in [2.75, 3.05) is 46.0 Å². The van der Waals surface area contributed by atoms with Gasteiger partial charge in [-0.15, -0.1) is 0 Å². The molecule has 4 rings (SSSR count). The number of nitrogens with zero attached hydrogens (tertiary/aromatic N) is 3. The van der Waals surface area contributed by atoms with Crippen molar-refractivity contribution in [3.63, 3.8) is 0 Å². The molecule has 2 saturated heterocycles. The predicted octanol–water partition coefficient (Wildman–Crippen LogP) is 2.37. The van der Waals surface area contributed by atoms with Gasteiger partial charge in [0.25, 0.3) is 0 Å². The number of hydrogen-bond acceptors (Lipinski definition) is 5. The molecule has 1 aromatic rings. The fourth-order valence-electron chi connectivity index (χ4n) is 4.42. The predicted molar refractivity (Wildman–Crippen MR) is 112 cm³/mol. The molecule has 1 atom stereocenters. The number of rotatable bonds is 5. The van der Waals surface area contributed by atoms with Crippen molar-refractivity contribution in [2.45, 2.75) is 51.1 Å². The molecule has 1 N–H and O–H groups in total. The van der Waals surface area contributed by atoms with E-state index < -0.39 is 12.1 Å². The Bertz CT molecular complexity index is 774. The van der Waals surface area contributed by atoms with Crippen LogP contribution >= 0.6 is 0 Å². The summed E-state index contributed by atoms with van der Waals surface area (Å²) < 4.78 is 45.6. The lowest BCUT2D eigenvalue weighted by Gasteiger charge is -2.30. The van der Waals surface area contributed by atoms with Crippen molar-refractivity contribution < 1.29 is 37.3 Å². The fourth-order valence-corrected chi connectivity index (χ4v) is 4.42. The van der Waals surface area contributed by atoms with Crippen molar-refractivity contribution >= 4 is 11.9 Å². The van der Waals surface area contributed by atoms with Crippen molar-refractivity contribution in [1.82, 2.24) is 14.4 Å². The Morgan fingerprint density at radius 1 is 1.15 bits per heavy atom. The average Bonchev–Trinajstić information content (AvgIpc) is 3.42. The highest BCUT2D eigenvalue weighted by atomic mass is 19.4. The minimum absolute atomic E-state index is 0.0649. The molecule has 0 saturated carbocycles. The molecule has 4 heterocycles. The normalized spacial score (nSPS) is 22.3. The molecule has 3 aliphatic rings. The highest BCUT2D eigenvalue weighted by Gasteiger charge is 2.38. The summed E-state index contributed by atoms with van der Waals surface area (Å²) in [5, 5.41) is 7.12. The van der Waals surface area contributed by atoms with Gasteiger partial charge < -0.3 is 24.0 Å². The Kier molecular flexibility index (Phi) is 9.16. The number of alkyl halides is 3. The second-order valence-electron chi connectivity index (χ2n) is 8.73. The topological polar surface area (TPSA) is 84.2 Å². The Balaban J connectivity index is 0.000000383.